The molecule has 1 amide bonds. The van der Waals surface area contributed by atoms with Crippen molar-refractivity contribution in [3.05, 3.63) is 0 Å². The molecule has 1 fully saturated rings. The lowest BCUT2D eigenvalue weighted by Gasteiger charge is -2.28. The van der Waals surface area contributed by atoms with Crippen molar-refractivity contribution >= 4 is 17.8 Å². The minimum atomic E-state index is -5.08. The number of likely N-dealkylation sites (tertiary alicyclic amines) is 1. The number of hydrogen-bond acceptors (Lipinski definition) is 5. The number of piperidine rings is 1. The molecule has 1 heterocycles. The molecule has 14 heteroatoms. The maximum absolute atomic E-state index is 10.8. The molecule has 0 aromatic rings. The molecular weight excluding hydrogens is 382 g/mol. The molecule has 8 nitrogen and oxygen atoms in total. The Morgan fingerprint density at radius 3 is 1.50 bits per heavy atom. The predicted octanol–water partition coefficient (Wildman–Crippen LogP) is 1.49. The first kappa shape index (κ1) is 26.1. The fourth-order valence-electron chi connectivity index (χ4n) is 1.57. The average Bonchev–Trinajstić information content (AvgIpc) is 2.48. The van der Waals surface area contributed by atoms with Crippen molar-refractivity contribution in [2.75, 3.05) is 20.1 Å². The van der Waals surface area contributed by atoms with Crippen LogP contribution in [0, 0.1) is 5.92 Å². The van der Waals surface area contributed by atoms with Crippen LogP contribution in [0.4, 0.5) is 26.3 Å². The monoisotopic (exact) mass is 400 g/mol. The van der Waals surface area contributed by atoms with Gasteiger partial charge in [0, 0.05) is 6.42 Å². The van der Waals surface area contributed by atoms with Gasteiger partial charge in [0.15, 0.2) is 0 Å². The standard InChI is InChI=1S/C8H16N2O2.2C2HF3O2/c1-10-4-2-7(3-5-10)6-8(11)9-12;2*3-2(4,5)1(6)7/h7,12H,2-6H2,1H3,(H,9,11);2*(H,6,7). The van der Waals surface area contributed by atoms with Gasteiger partial charge < -0.3 is 15.1 Å². The fraction of sp³-hybridized carbons (Fsp3) is 0.750. The summed E-state index contributed by atoms with van der Waals surface area (Å²) in [5, 5.41) is 22.6. The summed E-state index contributed by atoms with van der Waals surface area (Å²) in [4.78, 5) is 30.8. The van der Waals surface area contributed by atoms with E-state index in [1.807, 2.05) is 0 Å². The lowest BCUT2D eigenvalue weighted by Crippen LogP contribution is -2.32. The van der Waals surface area contributed by atoms with Gasteiger partial charge in [-0.05, 0) is 38.9 Å². The van der Waals surface area contributed by atoms with Crippen molar-refractivity contribution in [3.8, 4) is 0 Å². The number of halogens is 6. The van der Waals surface area contributed by atoms with Gasteiger partial charge in [-0.2, -0.15) is 26.3 Å². The van der Waals surface area contributed by atoms with Crippen molar-refractivity contribution in [2.24, 2.45) is 5.92 Å². The van der Waals surface area contributed by atoms with Gasteiger partial charge in [0.1, 0.15) is 0 Å². The fourth-order valence-corrected chi connectivity index (χ4v) is 1.57. The second-order valence-corrected chi connectivity index (χ2v) is 5.09. The summed E-state index contributed by atoms with van der Waals surface area (Å²) in [6.07, 6.45) is -7.59. The number of carbonyl (C=O) groups is 3. The van der Waals surface area contributed by atoms with E-state index in [0.717, 1.165) is 25.9 Å². The number of aliphatic carboxylic acids is 2. The number of hydroxylamine groups is 1. The molecule has 0 bridgehead atoms. The Bertz CT molecular complexity index is 436. The highest BCUT2D eigenvalue weighted by Gasteiger charge is 2.38. The SMILES string of the molecule is CN1CCC(CC(=O)NO)CC1.O=C(O)C(F)(F)F.O=C(O)C(F)(F)F. The van der Waals surface area contributed by atoms with Crippen LogP contribution in [0.3, 0.4) is 0 Å². The topological polar surface area (TPSA) is 127 Å². The summed E-state index contributed by atoms with van der Waals surface area (Å²) in [7, 11) is 2.09. The second kappa shape index (κ2) is 11.5. The van der Waals surface area contributed by atoms with Gasteiger partial charge in [-0.1, -0.05) is 0 Å². The van der Waals surface area contributed by atoms with E-state index >= 15 is 0 Å². The molecule has 1 aliphatic rings. The molecule has 0 aromatic carbocycles. The van der Waals surface area contributed by atoms with Crippen LogP contribution < -0.4 is 5.48 Å². The van der Waals surface area contributed by atoms with Crippen molar-refractivity contribution in [3.63, 3.8) is 0 Å². The number of hydrogen-bond donors (Lipinski definition) is 4. The zero-order chi connectivity index (χ0) is 21.1. The molecule has 154 valence electrons. The van der Waals surface area contributed by atoms with E-state index in [2.05, 4.69) is 11.9 Å². The lowest BCUT2D eigenvalue weighted by atomic mass is 9.94. The molecule has 0 saturated carbocycles. The van der Waals surface area contributed by atoms with Crippen LogP contribution in [0.5, 0.6) is 0 Å². The van der Waals surface area contributed by atoms with Crippen molar-refractivity contribution in [1.82, 2.24) is 10.4 Å². The van der Waals surface area contributed by atoms with E-state index in [1.54, 1.807) is 5.48 Å². The molecule has 1 saturated heterocycles. The first-order valence-electron chi connectivity index (χ1n) is 6.83. The summed E-state index contributed by atoms with van der Waals surface area (Å²) < 4.78 is 63.5. The molecule has 0 atom stereocenters. The first-order valence-corrected chi connectivity index (χ1v) is 6.83. The molecule has 1 rings (SSSR count). The van der Waals surface area contributed by atoms with Crippen molar-refractivity contribution < 1.29 is 56.1 Å². The smallest absolute Gasteiger partial charge is 0.475 e. The minimum Gasteiger partial charge on any atom is -0.475 e. The molecule has 0 aromatic heterocycles. The Hall–Kier alpha value is -2.09. The number of alkyl halides is 6. The maximum Gasteiger partial charge on any atom is 0.490 e. The lowest BCUT2D eigenvalue weighted by molar-refractivity contribution is -0.193. The Labute approximate surface area is 143 Å². The molecule has 26 heavy (non-hydrogen) atoms. The summed E-state index contributed by atoms with van der Waals surface area (Å²) >= 11 is 0. The van der Waals surface area contributed by atoms with Crippen LogP contribution in [0.2, 0.25) is 0 Å². The number of amides is 1. The van der Waals surface area contributed by atoms with E-state index in [9.17, 15) is 31.1 Å². The van der Waals surface area contributed by atoms with E-state index < -0.39 is 24.3 Å². The molecule has 0 radical (unpaired) electrons. The Morgan fingerprint density at radius 2 is 1.27 bits per heavy atom. The van der Waals surface area contributed by atoms with Crippen LogP contribution in [0.25, 0.3) is 0 Å². The molecular formula is C12H18F6N2O6. The third-order valence-corrected chi connectivity index (χ3v) is 2.92. The molecule has 1 aliphatic heterocycles. The Balaban J connectivity index is 0. The van der Waals surface area contributed by atoms with Gasteiger partial charge >= 0.3 is 24.3 Å². The quantitative estimate of drug-likeness (QED) is 0.314. The van der Waals surface area contributed by atoms with Gasteiger partial charge in [-0.25, -0.2) is 15.1 Å². The third kappa shape index (κ3) is 14.3. The van der Waals surface area contributed by atoms with Gasteiger partial charge in [0.05, 0.1) is 0 Å². The predicted molar refractivity (Wildman–Crippen MR) is 72.1 cm³/mol. The van der Waals surface area contributed by atoms with Crippen LogP contribution in [0.15, 0.2) is 0 Å². The molecule has 0 aliphatic carbocycles. The number of carbonyl (C=O) groups excluding carboxylic acids is 1. The summed E-state index contributed by atoms with van der Waals surface area (Å²) in [5.41, 5.74) is 1.67. The number of carboxylic acids is 2. The highest BCUT2D eigenvalue weighted by atomic mass is 19.4. The Morgan fingerprint density at radius 1 is 0.962 bits per heavy atom. The second-order valence-electron chi connectivity index (χ2n) is 5.09. The number of nitrogens with one attached hydrogen (secondary N) is 1. The van der Waals surface area contributed by atoms with Gasteiger partial charge in [-0.15, -0.1) is 0 Å². The normalized spacial score (nSPS) is 15.7. The summed E-state index contributed by atoms with van der Waals surface area (Å²) in [6.45, 7) is 2.12. The van der Waals surface area contributed by atoms with Crippen molar-refractivity contribution in [2.45, 2.75) is 31.6 Å². The van der Waals surface area contributed by atoms with Gasteiger partial charge in [0.2, 0.25) is 5.91 Å². The van der Waals surface area contributed by atoms with Crippen LogP contribution in [-0.2, 0) is 14.4 Å². The van der Waals surface area contributed by atoms with Crippen molar-refractivity contribution in [1.29, 1.82) is 0 Å². The summed E-state index contributed by atoms with van der Waals surface area (Å²) in [6, 6.07) is 0. The van der Waals surface area contributed by atoms with E-state index in [4.69, 9.17) is 25.0 Å². The number of nitrogens with zero attached hydrogens (tertiary/aromatic N) is 1. The zero-order valence-corrected chi connectivity index (χ0v) is 13.4. The highest BCUT2D eigenvalue weighted by molar-refractivity contribution is 5.74. The minimum absolute atomic E-state index is 0.260. The van der Waals surface area contributed by atoms with Crippen LogP contribution in [0.1, 0.15) is 19.3 Å². The number of carboxylic acid groups (broad SMARTS) is 2. The maximum atomic E-state index is 10.8. The Kier molecular flexibility index (Phi) is 11.6. The molecule has 0 spiro atoms. The molecule has 4 N–H and O–H groups in total. The number of rotatable bonds is 2. The highest BCUT2D eigenvalue weighted by Crippen LogP contribution is 2.18. The van der Waals surface area contributed by atoms with Crippen LogP contribution >= 0.6 is 0 Å². The zero-order valence-electron chi connectivity index (χ0n) is 13.4. The van der Waals surface area contributed by atoms with E-state index in [0.29, 0.717) is 12.3 Å². The third-order valence-electron chi connectivity index (χ3n) is 2.92. The first-order chi connectivity index (χ1) is 11.6. The van der Waals surface area contributed by atoms with E-state index in [-0.39, 0.29) is 5.91 Å². The van der Waals surface area contributed by atoms with Gasteiger partial charge in [-0.3, -0.25) is 10.0 Å². The average molecular weight is 400 g/mol. The largest absolute Gasteiger partial charge is 0.490 e. The van der Waals surface area contributed by atoms with E-state index in [1.165, 1.54) is 0 Å². The molecule has 0 unspecified atom stereocenters. The summed E-state index contributed by atoms with van der Waals surface area (Å²) in [5.74, 6) is -5.32. The van der Waals surface area contributed by atoms with Gasteiger partial charge in [0.25, 0.3) is 0 Å². The van der Waals surface area contributed by atoms with Crippen LogP contribution in [-0.4, -0.2) is 70.7 Å².